The van der Waals surface area contributed by atoms with Crippen molar-refractivity contribution in [1.82, 2.24) is 9.97 Å². The van der Waals surface area contributed by atoms with E-state index in [1.807, 2.05) is 12.1 Å². The molecule has 104 valence electrons. The Morgan fingerprint density at radius 2 is 1.95 bits per heavy atom. The van der Waals surface area contributed by atoms with Gasteiger partial charge in [0.2, 0.25) is 5.88 Å². The third-order valence-electron chi connectivity index (χ3n) is 2.54. The highest BCUT2D eigenvalue weighted by atomic mass is 16.5. The van der Waals surface area contributed by atoms with Gasteiger partial charge in [0.05, 0.1) is 12.4 Å². The van der Waals surface area contributed by atoms with Crippen LogP contribution >= 0.6 is 0 Å². The first kappa shape index (κ1) is 13.8. The zero-order chi connectivity index (χ0) is 14.4. The number of hydrogen-bond donors (Lipinski definition) is 3. The molecule has 0 aliphatic rings. The van der Waals surface area contributed by atoms with Crippen LogP contribution in [0.2, 0.25) is 0 Å². The van der Waals surface area contributed by atoms with Gasteiger partial charge in [0.25, 0.3) is 0 Å². The molecule has 0 saturated heterocycles. The van der Waals surface area contributed by atoms with E-state index in [1.54, 1.807) is 12.1 Å². The van der Waals surface area contributed by atoms with E-state index < -0.39 is 0 Å². The monoisotopic (exact) mass is 274 g/mol. The van der Waals surface area contributed by atoms with Crippen LogP contribution in [0.4, 0.5) is 0 Å². The fraction of sp³-hybridized carbons (Fsp3) is 0.154. The molecule has 0 aliphatic heterocycles. The quantitative estimate of drug-likeness (QED) is 0.323. The lowest BCUT2D eigenvalue weighted by molar-refractivity contribution is 0.299. The van der Waals surface area contributed by atoms with E-state index in [0.29, 0.717) is 18.1 Å². The van der Waals surface area contributed by atoms with Crippen molar-refractivity contribution in [2.75, 3.05) is 6.61 Å². The topological polar surface area (TPSA) is 114 Å². The summed E-state index contributed by atoms with van der Waals surface area (Å²) < 4.78 is 5.50. The van der Waals surface area contributed by atoms with E-state index >= 15 is 0 Å². The van der Waals surface area contributed by atoms with Gasteiger partial charge in [-0.15, -0.1) is 0 Å². The molecule has 0 aliphatic carbocycles. The molecule has 0 bridgehead atoms. The molecule has 0 saturated carbocycles. The maximum atomic E-state index is 8.83. The lowest BCUT2D eigenvalue weighted by atomic mass is 10.1. The Kier molecular flexibility index (Phi) is 4.46. The molecule has 0 amide bonds. The Bertz CT molecular complexity index is 582. The van der Waals surface area contributed by atoms with E-state index in [9.17, 15) is 0 Å². The fourth-order valence-corrected chi connectivity index (χ4v) is 1.53. The van der Waals surface area contributed by atoms with Crippen molar-refractivity contribution in [3.05, 3.63) is 47.9 Å². The molecule has 4 N–H and O–H groups in total. The summed E-state index contributed by atoms with van der Waals surface area (Å²) in [6.45, 7) is 0.112. The van der Waals surface area contributed by atoms with E-state index in [1.165, 1.54) is 12.4 Å². The van der Waals surface area contributed by atoms with E-state index in [-0.39, 0.29) is 18.1 Å². The van der Waals surface area contributed by atoms with Gasteiger partial charge >= 0.3 is 0 Å². The molecule has 1 aromatic heterocycles. The molecule has 7 heteroatoms. The van der Waals surface area contributed by atoms with Gasteiger partial charge in [-0.3, -0.25) is 0 Å². The number of aromatic nitrogens is 2. The highest BCUT2D eigenvalue weighted by molar-refractivity contribution is 5.94. The van der Waals surface area contributed by atoms with Crippen molar-refractivity contribution in [3.63, 3.8) is 0 Å². The van der Waals surface area contributed by atoms with Crippen molar-refractivity contribution < 1.29 is 15.1 Å². The Balaban J connectivity index is 2.06. The van der Waals surface area contributed by atoms with Gasteiger partial charge in [0.15, 0.2) is 5.84 Å². The second kappa shape index (κ2) is 6.48. The number of nitrogens with zero attached hydrogens (tertiary/aromatic N) is 3. The largest absolute Gasteiger partial charge is 0.438 e. The molecule has 2 rings (SSSR count). The third kappa shape index (κ3) is 3.42. The molecule has 0 atom stereocenters. The SMILES string of the molecule is N/C(=N/O)c1cnc(Oc2ccc(CCO)cc2)cn1. The second-order valence-electron chi connectivity index (χ2n) is 3.94. The zero-order valence-corrected chi connectivity index (χ0v) is 10.6. The number of oxime groups is 1. The summed E-state index contributed by atoms with van der Waals surface area (Å²) in [5.74, 6) is 0.796. The molecule has 0 radical (unpaired) electrons. The summed E-state index contributed by atoms with van der Waals surface area (Å²) in [5.41, 5.74) is 6.66. The Hall–Kier alpha value is -2.67. The molecule has 1 heterocycles. The first-order chi connectivity index (χ1) is 9.72. The number of amidine groups is 1. The van der Waals surface area contributed by atoms with E-state index in [4.69, 9.17) is 20.8 Å². The summed E-state index contributed by atoms with van der Waals surface area (Å²) >= 11 is 0. The summed E-state index contributed by atoms with van der Waals surface area (Å²) in [5, 5.41) is 20.2. The maximum absolute atomic E-state index is 8.83. The van der Waals surface area contributed by atoms with Gasteiger partial charge in [-0.2, -0.15) is 0 Å². The average Bonchev–Trinajstić information content (AvgIpc) is 2.49. The van der Waals surface area contributed by atoms with Gasteiger partial charge in [-0.25, -0.2) is 9.97 Å². The third-order valence-corrected chi connectivity index (χ3v) is 2.54. The average molecular weight is 274 g/mol. The number of nitrogens with two attached hydrogens (primary N) is 1. The lowest BCUT2D eigenvalue weighted by Gasteiger charge is -2.05. The Labute approximate surface area is 115 Å². The summed E-state index contributed by atoms with van der Waals surface area (Å²) in [4.78, 5) is 7.96. The van der Waals surface area contributed by atoms with Gasteiger partial charge in [0, 0.05) is 6.61 Å². The number of hydrogen-bond acceptors (Lipinski definition) is 6. The Morgan fingerprint density at radius 3 is 2.50 bits per heavy atom. The van der Waals surface area contributed by atoms with Crippen LogP contribution in [-0.2, 0) is 6.42 Å². The molecule has 2 aromatic rings. The van der Waals surface area contributed by atoms with Crippen molar-refractivity contribution in [2.24, 2.45) is 10.9 Å². The van der Waals surface area contributed by atoms with Gasteiger partial charge in [0.1, 0.15) is 11.4 Å². The first-order valence-electron chi connectivity index (χ1n) is 5.90. The van der Waals surface area contributed by atoms with Gasteiger partial charge in [-0.05, 0) is 24.1 Å². The number of ether oxygens (including phenoxy) is 1. The van der Waals surface area contributed by atoms with Crippen LogP contribution in [0.5, 0.6) is 11.6 Å². The van der Waals surface area contributed by atoms with Crippen molar-refractivity contribution in [1.29, 1.82) is 0 Å². The van der Waals surface area contributed by atoms with E-state index in [2.05, 4.69) is 15.1 Å². The minimum absolute atomic E-state index is 0.112. The summed E-state index contributed by atoms with van der Waals surface area (Å²) in [7, 11) is 0. The van der Waals surface area contributed by atoms with Crippen molar-refractivity contribution in [2.45, 2.75) is 6.42 Å². The highest BCUT2D eigenvalue weighted by Crippen LogP contribution is 2.19. The van der Waals surface area contributed by atoms with Crippen LogP contribution in [0.1, 0.15) is 11.3 Å². The standard InChI is InChI=1S/C13H14N4O3/c14-13(17-19)11-7-16-12(8-15-11)20-10-3-1-9(2-4-10)5-6-18/h1-4,7-8,18-19H,5-6H2,(H2,14,17). The molecule has 20 heavy (non-hydrogen) atoms. The molecule has 0 unspecified atom stereocenters. The number of aliphatic hydroxyl groups is 1. The van der Waals surface area contributed by atoms with Crippen LogP contribution in [0.15, 0.2) is 41.8 Å². The van der Waals surface area contributed by atoms with Crippen LogP contribution in [-0.4, -0.2) is 32.7 Å². The van der Waals surface area contributed by atoms with Gasteiger partial charge in [-0.1, -0.05) is 17.3 Å². The predicted octanol–water partition coefficient (Wildman–Crippen LogP) is 0.898. The van der Waals surface area contributed by atoms with Crippen molar-refractivity contribution in [3.8, 4) is 11.6 Å². The van der Waals surface area contributed by atoms with Crippen LogP contribution in [0.3, 0.4) is 0 Å². The smallest absolute Gasteiger partial charge is 0.237 e. The fourth-order valence-electron chi connectivity index (χ4n) is 1.53. The van der Waals surface area contributed by atoms with Crippen LogP contribution in [0.25, 0.3) is 0 Å². The molecule has 0 fully saturated rings. The van der Waals surface area contributed by atoms with Crippen LogP contribution < -0.4 is 10.5 Å². The second-order valence-corrected chi connectivity index (χ2v) is 3.94. The zero-order valence-electron chi connectivity index (χ0n) is 10.6. The lowest BCUT2D eigenvalue weighted by Crippen LogP contribution is -2.15. The molecular formula is C13H14N4O3. The normalized spacial score (nSPS) is 11.3. The van der Waals surface area contributed by atoms with E-state index in [0.717, 1.165) is 5.56 Å². The molecule has 0 spiro atoms. The minimum Gasteiger partial charge on any atom is -0.438 e. The Morgan fingerprint density at radius 1 is 1.20 bits per heavy atom. The number of aliphatic hydroxyl groups excluding tert-OH is 1. The molecular weight excluding hydrogens is 260 g/mol. The van der Waals surface area contributed by atoms with Crippen molar-refractivity contribution >= 4 is 5.84 Å². The molecule has 1 aromatic carbocycles. The maximum Gasteiger partial charge on any atom is 0.237 e. The number of benzene rings is 1. The summed E-state index contributed by atoms with van der Waals surface area (Å²) in [6, 6.07) is 7.29. The predicted molar refractivity (Wildman–Crippen MR) is 71.8 cm³/mol. The first-order valence-corrected chi connectivity index (χ1v) is 5.90. The number of rotatable bonds is 5. The van der Waals surface area contributed by atoms with Crippen LogP contribution in [0, 0.1) is 0 Å². The van der Waals surface area contributed by atoms with Gasteiger partial charge < -0.3 is 20.8 Å². The summed E-state index contributed by atoms with van der Waals surface area (Å²) in [6.07, 6.45) is 3.34. The highest BCUT2D eigenvalue weighted by Gasteiger charge is 2.04. The minimum atomic E-state index is -0.114. The molecule has 7 nitrogen and oxygen atoms in total.